The number of aromatic nitrogens is 4. The van der Waals surface area contributed by atoms with Gasteiger partial charge in [-0.25, -0.2) is 0 Å². The Morgan fingerprint density at radius 1 is 0.615 bits per heavy atom. The summed E-state index contributed by atoms with van der Waals surface area (Å²) in [5, 5.41) is 2.44. The normalized spacial score (nSPS) is 17.6. The molecule has 0 saturated heterocycles. The lowest BCUT2D eigenvalue weighted by atomic mass is 9.92. The van der Waals surface area contributed by atoms with Crippen LogP contribution in [-0.4, -0.2) is 25.6 Å². The van der Waals surface area contributed by atoms with E-state index < -0.39 is 0 Å². The largest absolute Gasteiger partial charge is 0.302 e. The maximum absolute atomic E-state index is 6.62. The van der Waals surface area contributed by atoms with Gasteiger partial charge in [-0.1, -0.05) is 97.1 Å². The molecule has 6 aromatic rings. The Labute approximate surface area is 230 Å². The molecule has 0 fully saturated rings. The molecule has 0 bridgehead atoms. The average Bonchev–Trinajstić information content (AvgIpc) is 3.50. The highest BCUT2D eigenvalue weighted by Gasteiger charge is 2.38. The van der Waals surface area contributed by atoms with Gasteiger partial charge in [0.2, 0.25) is 17.2 Å². The number of fused-ring (bicyclic) bond motifs is 6. The number of benzene rings is 4. The summed E-state index contributed by atoms with van der Waals surface area (Å²) in [6, 6.07) is 33.8. The summed E-state index contributed by atoms with van der Waals surface area (Å²) in [5.41, 5.74) is 6.73. The third-order valence-electron chi connectivity index (χ3n) is 7.74. The number of hydrogen-bond donors (Lipinski definition) is 0. The lowest BCUT2D eigenvalue weighted by Gasteiger charge is -2.26. The molecule has 1 aliphatic heterocycles. The molecule has 0 amide bonds. The van der Waals surface area contributed by atoms with Crippen LogP contribution < -0.4 is 4.90 Å². The van der Waals surface area contributed by atoms with Crippen LogP contribution in [0.1, 0.15) is 11.5 Å². The van der Waals surface area contributed by atoms with E-state index in [0.717, 1.165) is 33.1 Å². The topological polar surface area (TPSA) is 46.8 Å². The monoisotopic (exact) mass is 523 g/mol. The molecule has 0 radical (unpaired) electrons. The van der Waals surface area contributed by atoms with Crippen LogP contribution in [0.15, 0.2) is 121 Å². The van der Waals surface area contributed by atoms with E-state index in [1.54, 1.807) is 0 Å². The van der Waals surface area contributed by atoms with Crippen LogP contribution in [0.4, 0.5) is 11.6 Å². The summed E-state index contributed by atoms with van der Waals surface area (Å²) in [6.45, 7) is 0. The third-order valence-corrected chi connectivity index (χ3v) is 7.91. The van der Waals surface area contributed by atoms with Crippen molar-refractivity contribution in [1.82, 2.24) is 19.5 Å². The van der Waals surface area contributed by atoms with Crippen LogP contribution in [-0.2, 0) is 0 Å². The summed E-state index contributed by atoms with van der Waals surface area (Å²) in [5.74, 6) is 1.27. The average molecular weight is 524 g/mol. The van der Waals surface area contributed by atoms with Crippen LogP contribution in [0.25, 0.3) is 38.9 Å². The third kappa shape index (κ3) is 3.44. The van der Waals surface area contributed by atoms with Crippen molar-refractivity contribution in [2.24, 2.45) is 0 Å². The number of allylic oxidation sites excluding steroid dienone is 2. The molecule has 0 spiro atoms. The van der Waals surface area contributed by atoms with Crippen molar-refractivity contribution in [1.29, 1.82) is 0 Å². The number of nitrogens with zero attached hydrogens (tertiary/aromatic N) is 5. The summed E-state index contributed by atoms with van der Waals surface area (Å²) >= 11 is 6.62. The minimum absolute atomic E-state index is 0.0743. The second-order valence-corrected chi connectivity index (χ2v) is 10.2. The molecule has 3 heterocycles. The van der Waals surface area contributed by atoms with Crippen molar-refractivity contribution < 1.29 is 0 Å². The number of halogens is 1. The molecule has 2 aliphatic rings. The first-order valence-corrected chi connectivity index (χ1v) is 13.4. The summed E-state index contributed by atoms with van der Waals surface area (Å²) in [6.07, 6.45) is 8.63. The van der Waals surface area contributed by atoms with Gasteiger partial charge >= 0.3 is 0 Å². The molecule has 2 aromatic heterocycles. The second kappa shape index (κ2) is 8.65. The van der Waals surface area contributed by atoms with Gasteiger partial charge in [0, 0.05) is 22.4 Å². The van der Waals surface area contributed by atoms with E-state index in [9.17, 15) is 0 Å². The van der Waals surface area contributed by atoms with Crippen molar-refractivity contribution in [2.45, 2.75) is 12.0 Å². The second-order valence-electron chi connectivity index (χ2n) is 9.87. The quantitative estimate of drug-likeness (QED) is 0.235. The van der Waals surface area contributed by atoms with Crippen LogP contribution in [0.2, 0.25) is 5.28 Å². The molecule has 186 valence electrons. The van der Waals surface area contributed by atoms with Crippen LogP contribution in [0, 0.1) is 0 Å². The van der Waals surface area contributed by atoms with Gasteiger partial charge in [0.05, 0.1) is 17.1 Å². The molecule has 39 heavy (non-hydrogen) atoms. The Balaban J connectivity index is 1.34. The van der Waals surface area contributed by atoms with Gasteiger partial charge in [-0.05, 0) is 52.6 Å². The summed E-state index contributed by atoms with van der Waals surface area (Å²) in [7, 11) is 0. The highest BCUT2D eigenvalue weighted by Crippen LogP contribution is 2.46. The molecule has 5 nitrogen and oxygen atoms in total. The fourth-order valence-electron chi connectivity index (χ4n) is 6.06. The zero-order valence-electron chi connectivity index (χ0n) is 20.8. The van der Waals surface area contributed by atoms with Crippen molar-refractivity contribution in [3.63, 3.8) is 0 Å². The molecule has 2 unspecified atom stereocenters. The Morgan fingerprint density at radius 2 is 1.36 bits per heavy atom. The number of hydrogen-bond acceptors (Lipinski definition) is 4. The molecular weight excluding hydrogens is 502 g/mol. The number of para-hydroxylation sites is 2. The molecule has 0 N–H and O–H groups in total. The highest BCUT2D eigenvalue weighted by molar-refractivity contribution is 6.28. The summed E-state index contributed by atoms with van der Waals surface area (Å²) < 4.78 is 2.09. The molecule has 8 rings (SSSR count). The Morgan fingerprint density at radius 3 is 2.28 bits per heavy atom. The van der Waals surface area contributed by atoms with Crippen molar-refractivity contribution >= 4 is 45.0 Å². The van der Waals surface area contributed by atoms with Crippen LogP contribution in [0.5, 0.6) is 0 Å². The van der Waals surface area contributed by atoms with Crippen LogP contribution in [0.3, 0.4) is 0 Å². The molecule has 1 aliphatic carbocycles. The first kappa shape index (κ1) is 22.3. The molecule has 0 saturated carbocycles. The Hall–Kier alpha value is -4.74. The van der Waals surface area contributed by atoms with Crippen molar-refractivity contribution in [2.75, 3.05) is 4.90 Å². The maximum atomic E-state index is 6.62. The lowest BCUT2D eigenvalue weighted by molar-refractivity contribution is 0.724. The summed E-state index contributed by atoms with van der Waals surface area (Å²) in [4.78, 5) is 16.5. The van der Waals surface area contributed by atoms with Crippen molar-refractivity contribution in [3.8, 4) is 17.1 Å². The minimum Gasteiger partial charge on any atom is -0.302 e. The maximum Gasteiger partial charge on any atom is 0.240 e. The SMILES string of the molecule is Clc1nc(N2c3ccccc3C3C=CC=CC32)nc(-n2c3ccccc3c3cc(-c4ccccc4)ccc32)n1. The zero-order chi connectivity index (χ0) is 25.9. The van der Waals surface area contributed by atoms with Gasteiger partial charge < -0.3 is 4.90 Å². The van der Waals surface area contributed by atoms with E-state index in [-0.39, 0.29) is 17.2 Å². The molecule has 2 atom stereocenters. The Kier molecular flexibility index (Phi) is 4.94. The van der Waals surface area contributed by atoms with Gasteiger partial charge in [-0.3, -0.25) is 4.57 Å². The van der Waals surface area contributed by atoms with E-state index in [0.29, 0.717) is 11.9 Å². The van der Waals surface area contributed by atoms with Gasteiger partial charge in [0.15, 0.2) is 0 Å². The fourth-order valence-corrected chi connectivity index (χ4v) is 6.21. The van der Waals surface area contributed by atoms with Gasteiger partial charge in [-0.2, -0.15) is 15.0 Å². The van der Waals surface area contributed by atoms with E-state index in [1.165, 1.54) is 11.1 Å². The van der Waals surface area contributed by atoms with Crippen LogP contribution >= 0.6 is 11.6 Å². The first-order valence-electron chi connectivity index (χ1n) is 13.0. The predicted molar refractivity (Wildman–Crippen MR) is 158 cm³/mol. The van der Waals surface area contributed by atoms with E-state index in [1.807, 2.05) is 12.1 Å². The van der Waals surface area contributed by atoms with E-state index in [2.05, 4.69) is 129 Å². The highest BCUT2D eigenvalue weighted by atomic mass is 35.5. The lowest BCUT2D eigenvalue weighted by Crippen LogP contribution is -2.30. The minimum atomic E-state index is 0.0743. The zero-order valence-corrected chi connectivity index (χ0v) is 21.6. The van der Waals surface area contributed by atoms with Crippen molar-refractivity contribution in [3.05, 3.63) is 132 Å². The Bertz CT molecular complexity index is 1960. The van der Waals surface area contributed by atoms with Gasteiger partial charge in [0.1, 0.15) is 0 Å². The van der Waals surface area contributed by atoms with Gasteiger partial charge in [0.25, 0.3) is 0 Å². The van der Waals surface area contributed by atoms with E-state index in [4.69, 9.17) is 16.6 Å². The first-order chi connectivity index (χ1) is 19.3. The fraction of sp³-hybridized carbons (Fsp3) is 0.0606. The molecule has 4 aromatic carbocycles. The number of rotatable bonds is 3. The van der Waals surface area contributed by atoms with E-state index >= 15 is 0 Å². The standard InChI is InChI=1S/C33H22ClN5/c34-31-35-32(38-27-15-7-4-12-23(27)24-13-5-8-16-28(24)38)37-33(36-31)39-29-17-9-6-14-25(29)26-20-22(18-19-30(26)39)21-10-2-1-3-11-21/h1-20,23,27H. The number of anilines is 2. The molecular formula is C33H22ClN5. The molecule has 6 heteroatoms. The van der Waals surface area contributed by atoms with Gasteiger partial charge in [-0.15, -0.1) is 0 Å². The smallest absolute Gasteiger partial charge is 0.240 e. The predicted octanol–water partition coefficient (Wildman–Crippen LogP) is 8.02.